The van der Waals surface area contributed by atoms with E-state index in [0.29, 0.717) is 16.2 Å². The van der Waals surface area contributed by atoms with Crippen molar-refractivity contribution in [2.75, 3.05) is 6.61 Å². The number of aryl methyl sites for hydroxylation is 1. The zero-order chi connectivity index (χ0) is 19.6. The van der Waals surface area contributed by atoms with Gasteiger partial charge in [-0.1, -0.05) is 43.6 Å². The number of aromatic nitrogens is 2. The van der Waals surface area contributed by atoms with Crippen molar-refractivity contribution >= 4 is 22.4 Å². The van der Waals surface area contributed by atoms with E-state index in [1.807, 2.05) is 37.3 Å². The fraction of sp³-hybridized carbons (Fsp3) is 0.333. The summed E-state index contributed by atoms with van der Waals surface area (Å²) in [7, 11) is 0. The maximum Gasteiger partial charge on any atom is 0.274 e. The molecule has 0 saturated carbocycles. The standard InChI is InChI=1S/C21H23ClN2O3/c1-13(2)18-9-19(22)14(3)8-20(18)27-12-16(25)11-24-21(26)17-7-5-4-6-15(17)10-23-24/h4-10,13,16,25H,11-12H2,1-3H3. The number of hydrogen-bond acceptors (Lipinski definition) is 4. The van der Waals surface area contributed by atoms with Crippen LogP contribution in [0.4, 0.5) is 0 Å². The summed E-state index contributed by atoms with van der Waals surface area (Å²) in [5, 5.41) is 16.6. The Bertz CT molecular complexity index is 1010. The van der Waals surface area contributed by atoms with E-state index in [1.165, 1.54) is 4.68 Å². The molecule has 5 nitrogen and oxygen atoms in total. The predicted octanol–water partition coefficient (Wildman–Crippen LogP) is 3.92. The molecule has 0 aliphatic rings. The Morgan fingerprint density at radius 3 is 2.74 bits per heavy atom. The van der Waals surface area contributed by atoms with E-state index in [2.05, 4.69) is 18.9 Å². The molecular formula is C21H23ClN2O3. The third-order valence-corrected chi connectivity index (χ3v) is 4.90. The van der Waals surface area contributed by atoms with E-state index < -0.39 is 6.10 Å². The van der Waals surface area contributed by atoms with Gasteiger partial charge in [-0.3, -0.25) is 4.79 Å². The lowest BCUT2D eigenvalue weighted by Crippen LogP contribution is -2.32. The minimum Gasteiger partial charge on any atom is -0.491 e. The number of hydrogen-bond donors (Lipinski definition) is 1. The lowest BCUT2D eigenvalue weighted by molar-refractivity contribution is 0.0875. The summed E-state index contributed by atoms with van der Waals surface area (Å²) in [6.07, 6.45) is 0.761. The third kappa shape index (κ3) is 4.31. The van der Waals surface area contributed by atoms with Crippen LogP contribution in [-0.2, 0) is 6.54 Å². The summed E-state index contributed by atoms with van der Waals surface area (Å²) >= 11 is 6.21. The average molecular weight is 387 g/mol. The number of aliphatic hydroxyl groups is 1. The zero-order valence-corrected chi connectivity index (χ0v) is 16.4. The van der Waals surface area contributed by atoms with Gasteiger partial charge in [-0.15, -0.1) is 0 Å². The first kappa shape index (κ1) is 19.4. The van der Waals surface area contributed by atoms with Gasteiger partial charge in [-0.05, 0) is 42.2 Å². The molecule has 142 valence electrons. The number of nitrogens with zero attached hydrogens (tertiary/aromatic N) is 2. The van der Waals surface area contributed by atoms with Crippen molar-refractivity contribution in [3.05, 3.63) is 69.1 Å². The zero-order valence-electron chi connectivity index (χ0n) is 15.6. The molecule has 2 aromatic carbocycles. The molecule has 0 saturated heterocycles. The number of ether oxygens (including phenoxy) is 1. The van der Waals surface area contributed by atoms with Crippen LogP contribution in [0.1, 0.15) is 30.9 Å². The third-order valence-electron chi connectivity index (χ3n) is 4.49. The molecule has 1 N–H and O–H groups in total. The van der Waals surface area contributed by atoms with E-state index >= 15 is 0 Å². The van der Waals surface area contributed by atoms with Gasteiger partial charge in [0, 0.05) is 10.4 Å². The largest absolute Gasteiger partial charge is 0.491 e. The molecule has 1 unspecified atom stereocenters. The van der Waals surface area contributed by atoms with E-state index in [1.54, 1.807) is 12.3 Å². The summed E-state index contributed by atoms with van der Waals surface area (Å²) in [6.45, 7) is 6.15. The molecule has 6 heteroatoms. The Hall–Kier alpha value is -2.37. The van der Waals surface area contributed by atoms with E-state index in [4.69, 9.17) is 16.3 Å². The number of rotatable bonds is 6. The first-order valence-electron chi connectivity index (χ1n) is 8.92. The van der Waals surface area contributed by atoms with Crippen molar-refractivity contribution in [1.82, 2.24) is 9.78 Å². The first-order valence-corrected chi connectivity index (χ1v) is 9.30. The Labute approximate surface area is 163 Å². The monoisotopic (exact) mass is 386 g/mol. The van der Waals surface area contributed by atoms with Crippen LogP contribution in [0.25, 0.3) is 10.8 Å². The molecule has 0 radical (unpaired) electrons. The topological polar surface area (TPSA) is 64.3 Å². The Kier molecular flexibility index (Phi) is 5.82. The molecule has 1 atom stereocenters. The van der Waals surface area contributed by atoms with Crippen molar-refractivity contribution in [1.29, 1.82) is 0 Å². The minimum absolute atomic E-state index is 0.0573. The molecule has 27 heavy (non-hydrogen) atoms. The van der Waals surface area contributed by atoms with Gasteiger partial charge in [0.2, 0.25) is 0 Å². The van der Waals surface area contributed by atoms with Gasteiger partial charge in [0.15, 0.2) is 0 Å². The molecule has 0 fully saturated rings. The van der Waals surface area contributed by atoms with Gasteiger partial charge in [-0.2, -0.15) is 5.10 Å². The molecule has 0 bridgehead atoms. The quantitative estimate of drug-likeness (QED) is 0.697. The number of fused-ring (bicyclic) bond motifs is 1. The maximum absolute atomic E-state index is 12.5. The lowest BCUT2D eigenvalue weighted by Gasteiger charge is -2.18. The van der Waals surface area contributed by atoms with E-state index in [9.17, 15) is 9.90 Å². The molecule has 0 aliphatic heterocycles. The number of halogens is 1. The minimum atomic E-state index is -0.868. The van der Waals surface area contributed by atoms with E-state index in [0.717, 1.165) is 16.5 Å². The number of aliphatic hydroxyl groups excluding tert-OH is 1. The van der Waals surface area contributed by atoms with Crippen molar-refractivity contribution in [2.45, 2.75) is 39.3 Å². The highest BCUT2D eigenvalue weighted by atomic mass is 35.5. The molecule has 0 aliphatic carbocycles. The molecule has 1 aromatic heterocycles. The van der Waals surface area contributed by atoms with Gasteiger partial charge >= 0.3 is 0 Å². The maximum atomic E-state index is 12.5. The second-order valence-electron chi connectivity index (χ2n) is 6.98. The van der Waals surface area contributed by atoms with Crippen molar-refractivity contribution in [2.24, 2.45) is 0 Å². The fourth-order valence-corrected chi connectivity index (χ4v) is 3.11. The van der Waals surface area contributed by atoms with Gasteiger partial charge < -0.3 is 9.84 Å². The van der Waals surface area contributed by atoms with Crippen LogP contribution in [0.3, 0.4) is 0 Å². The van der Waals surface area contributed by atoms with Crippen LogP contribution in [0.5, 0.6) is 5.75 Å². The molecule has 0 spiro atoms. The predicted molar refractivity (Wildman–Crippen MR) is 108 cm³/mol. The van der Waals surface area contributed by atoms with Gasteiger partial charge in [0.25, 0.3) is 5.56 Å². The summed E-state index contributed by atoms with van der Waals surface area (Å²) in [4.78, 5) is 12.5. The first-order chi connectivity index (χ1) is 12.9. The molecule has 1 heterocycles. The summed E-state index contributed by atoms with van der Waals surface area (Å²) in [6, 6.07) is 11.0. The van der Waals surface area contributed by atoms with Crippen molar-refractivity contribution < 1.29 is 9.84 Å². The molecule has 3 rings (SSSR count). The summed E-state index contributed by atoms with van der Waals surface area (Å²) in [5.74, 6) is 0.935. The Morgan fingerprint density at radius 2 is 2.00 bits per heavy atom. The van der Waals surface area contributed by atoms with Crippen molar-refractivity contribution in [3.8, 4) is 5.75 Å². The normalized spacial score (nSPS) is 12.5. The average Bonchev–Trinajstić information content (AvgIpc) is 2.64. The second-order valence-corrected chi connectivity index (χ2v) is 7.39. The highest BCUT2D eigenvalue weighted by molar-refractivity contribution is 6.31. The molecule has 3 aromatic rings. The Balaban J connectivity index is 1.74. The molecule has 0 amide bonds. The van der Waals surface area contributed by atoms with Crippen LogP contribution in [0.15, 0.2) is 47.4 Å². The van der Waals surface area contributed by atoms with Crippen LogP contribution < -0.4 is 10.3 Å². The Morgan fingerprint density at radius 1 is 1.26 bits per heavy atom. The highest BCUT2D eigenvalue weighted by Crippen LogP contribution is 2.32. The SMILES string of the molecule is Cc1cc(OCC(O)Cn2ncc3ccccc3c2=O)c(C(C)C)cc1Cl. The van der Waals surface area contributed by atoms with Crippen molar-refractivity contribution in [3.63, 3.8) is 0 Å². The second kappa shape index (κ2) is 8.11. The number of benzene rings is 2. The van der Waals surface area contributed by atoms with Crippen LogP contribution in [-0.4, -0.2) is 27.6 Å². The summed E-state index contributed by atoms with van der Waals surface area (Å²) in [5.41, 5.74) is 1.68. The van der Waals surface area contributed by atoms with Gasteiger partial charge in [-0.25, -0.2) is 4.68 Å². The fourth-order valence-electron chi connectivity index (χ4n) is 2.94. The van der Waals surface area contributed by atoms with Gasteiger partial charge in [0.1, 0.15) is 18.5 Å². The van der Waals surface area contributed by atoms with E-state index in [-0.39, 0.29) is 24.6 Å². The summed E-state index contributed by atoms with van der Waals surface area (Å²) < 4.78 is 7.11. The highest BCUT2D eigenvalue weighted by Gasteiger charge is 2.14. The smallest absolute Gasteiger partial charge is 0.274 e. The van der Waals surface area contributed by atoms with Crippen LogP contribution in [0.2, 0.25) is 5.02 Å². The van der Waals surface area contributed by atoms with Crippen LogP contribution in [0, 0.1) is 6.92 Å². The van der Waals surface area contributed by atoms with Crippen LogP contribution >= 0.6 is 11.6 Å². The van der Waals surface area contributed by atoms with Gasteiger partial charge in [0.05, 0.1) is 18.1 Å². The molecular weight excluding hydrogens is 364 g/mol. The lowest BCUT2D eigenvalue weighted by atomic mass is 10.0.